The highest BCUT2D eigenvalue weighted by Gasteiger charge is 2.17. The van der Waals surface area contributed by atoms with Gasteiger partial charge in [-0.2, -0.15) is 0 Å². The van der Waals surface area contributed by atoms with Gasteiger partial charge < -0.3 is 15.0 Å². The summed E-state index contributed by atoms with van der Waals surface area (Å²) < 4.78 is 1.78. The molecule has 2 N–H and O–H groups in total. The van der Waals surface area contributed by atoms with Gasteiger partial charge in [-0.05, 0) is 38.8 Å². The molecule has 0 spiro atoms. The predicted octanol–water partition coefficient (Wildman–Crippen LogP) is 1.85. The van der Waals surface area contributed by atoms with Crippen molar-refractivity contribution in [3.63, 3.8) is 0 Å². The zero-order chi connectivity index (χ0) is 13.1. The van der Waals surface area contributed by atoms with Gasteiger partial charge in [-0.3, -0.25) is 4.79 Å². The van der Waals surface area contributed by atoms with E-state index < -0.39 is 6.10 Å². The Morgan fingerprint density at radius 2 is 2.24 bits per heavy atom. The Hall–Kier alpha value is -1.29. The lowest BCUT2D eigenvalue weighted by molar-refractivity contribution is -0.123. The van der Waals surface area contributed by atoms with Gasteiger partial charge in [0, 0.05) is 17.9 Å². The van der Waals surface area contributed by atoms with Gasteiger partial charge in [0.2, 0.25) is 5.91 Å². The van der Waals surface area contributed by atoms with Crippen molar-refractivity contribution in [1.29, 1.82) is 0 Å². The molecule has 0 aliphatic heterocycles. The van der Waals surface area contributed by atoms with Crippen LogP contribution in [0, 0.1) is 0 Å². The lowest BCUT2D eigenvalue weighted by Crippen LogP contribution is -2.44. The quantitative estimate of drug-likeness (QED) is 0.822. The third kappa shape index (κ3) is 4.23. The highest BCUT2D eigenvalue weighted by atomic mass is 16.3. The number of hydrogen-bond acceptors (Lipinski definition) is 2. The first-order valence-corrected chi connectivity index (χ1v) is 5.99. The van der Waals surface area contributed by atoms with Gasteiger partial charge in [-0.25, -0.2) is 0 Å². The number of aliphatic hydroxyl groups excluding tert-OH is 1. The Kier molecular flexibility index (Phi) is 4.34. The van der Waals surface area contributed by atoms with E-state index in [0.29, 0.717) is 0 Å². The smallest absolute Gasteiger partial charge is 0.240 e. The van der Waals surface area contributed by atoms with Crippen LogP contribution >= 0.6 is 0 Å². The maximum Gasteiger partial charge on any atom is 0.240 e. The van der Waals surface area contributed by atoms with Crippen LogP contribution in [-0.2, 0) is 11.3 Å². The van der Waals surface area contributed by atoms with Crippen molar-refractivity contribution in [1.82, 2.24) is 9.88 Å². The van der Waals surface area contributed by atoms with E-state index in [-0.39, 0.29) is 18.0 Å². The molecule has 1 aromatic rings. The number of hydrogen-bond donors (Lipinski definition) is 2. The third-order valence-corrected chi connectivity index (χ3v) is 2.94. The average molecular weight is 238 g/mol. The molecule has 0 radical (unpaired) electrons. The van der Waals surface area contributed by atoms with Crippen LogP contribution in [0.25, 0.3) is 0 Å². The van der Waals surface area contributed by atoms with Gasteiger partial charge >= 0.3 is 0 Å². The van der Waals surface area contributed by atoms with Crippen LogP contribution in [-0.4, -0.2) is 21.1 Å². The molecule has 1 amide bonds. The van der Waals surface area contributed by atoms with E-state index in [1.165, 1.54) is 0 Å². The third-order valence-electron chi connectivity index (χ3n) is 2.94. The van der Waals surface area contributed by atoms with Gasteiger partial charge in [0.05, 0.1) is 6.10 Å². The average Bonchev–Trinajstić information content (AvgIpc) is 2.65. The van der Waals surface area contributed by atoms with Crippen LogP contribution < -0.4 is 5.32 Å². The molecule has 17 heavy (non-hydrogen) atoms. The molecular formula is C13H22N2O2. The number of amides is 1. The summed E-state index contributed by atoms with van der Waals surface area (Å²) in [5.74, 6) is -0.00964. The number of carbonyl (C=O) groups is 1. The zero-order valence-electron chi connectivity index (χ0n) is 11.0. The summed E-state index contributed by atoms with van der Waals surface area (Å²) in [4.78, 5) is 11.8. The number of aliphatic hydroxyl groups is 1. The summed E-state index contributed by atoms with van der Waals surface area (Å²) in [5.41, 5.74) is 0.657. The van der Waals surface area contributed by atoms with E-state index >= 15 is 0 Å². The zero-order valence-corrected chi connectivity index (χ0v) is 11.0. The lowest BCUT2D eigenvalue weighted by atomic mass is 10.0. The second kappa shape index (κ2) is 5.36. The highest BCUT2D eigenvalue weighted by molar-refractivity contribution is 5.76. The number of carbonyl (C=O) groups excluding carboxylic acids is 1. The van der Waals surface area contributed by atoms with E-state index in [0.717, 1.165) is 12.0 Å². The van der Waals surface area contributed by atoms with E-state index in [1.807, 2.05) is 26.8 Å². The van der Waals surface area contributed by atoms with Crippen LogP contribution in [0.4, 0.5) is 0 Å². The summed E-state index contributed by atoms with van der Waals surface area (Å²) >= 11 is 0. The SMILES string of the molecule is CCC(C)(C)NC(=O)Cn1ccc(C(C)O)c1. The second-order valence-electron chi connectivity index (χ2n) is 5.08. The minimum atomic E-state index is -0.494. The maximum absolute atomic E-state index is 11.8. The Labute approximate surface area is 103 Å². The van der Waals surface area contributed by atoms with Crippen molar-refractivity contribution >= 4 is 5.91 Å². The van der Waals surface area contributed by atoms with E-state index in [4.69, 9.17) is 0 Å². The van der Waals surface area contributed by atoms with Gasteiger partial charge in [0.15, 0.2) is 0 Å². The van der Waals surface area contributed by atoms with Crippen molar-refractivity contribution in [2.24, 2.45) is 0 Å². The standard InChI is InChI=1S/C13H22N2O2/c1-5-13(3,4)14-12(17)9-15-7-6-11(8-15)10(2)16/h6-8,10,16H,5,9H2,1-4H3,(H,14,17). The molecular weight excluding hydrogens is 216 g/mol. The van der Waals surface area contributed by atoms with Gasteiger partial charge in [0.1, 0.15) is 6.54 Å². The molecule has 1 unspecified atom stereocenters. The first kappa shape index (κ1) is 13.8. The minimum Gasteiger partial charge on any atom is -0.389 e. The molecule has 0 saturated heterocycles. The van der Waals surface area contributed by atoms with E-state index in [9.17, 15) is 9.90 Å². The van der Waals surface area contributed by atoms with Crippen LogP contribution in [0.3, 0.4) is 0 Å². The van der Waals surface area contributed by atoms with Crippen LogP contribution in [0.1, 0.15) is 45.8 Å². The normalized spacial score (nSPS) is 13.5. The van der Waals surface area contributed by atoms with E-state index in [1.54, 1.807) is 23.9 Å². The predicted molar refractivity (Wildman–Crippen MR) is 67.6 cm³/mol. The van der Waals surface area contributed by atoms with E-state index in [2.05, 4.69) is 5.32 Å². The van der Waals surface area contributed by atoms with Crippen molar-refractivity contribution in [2.45, 2.75) is 52.3 Å². The lowest BCUT2D eigenvalue weighted by Gasteiger charge is -2.24. The number of aromatic nitrogens is 1. The number of nitrogens with zero attached hydrogens (tertiary/aromatic N) is 1. The molecule has 0 bridgehead atoms. The van der Waals surface area contributed by atoms with Crippen LogP contribution in [0.2, 0.25) is 0 Å². The monoisotopic (exact) mass is 238 g/mol. The van der Waals surface area contributed by atoms with Crippen molar-refractivity contribution in [3.05, 3.63) is 24.0 Å². The molecule has 1 aromatic heterocycles. The van der Waals surface area contributed by atoms with Crippen molar-refractivity contribution < 1.29 is 9.90 Å². The Bertz CT molecular complexity index is 381. The minimum absolute atomic E-state index is 0.00964. The molecule has 96 valence electrons. The fourth-order valence-corrected chi connectivity index (χ4v) is 1.48. The fourth-order valence-electron chi connectivity index (χ4n) is 1.48. The number of nitrogens with one attached hydrogen (secondary N) is 1. The molecule has 0 aliphatic carbocycles. The van der Waals surface area contributed by atoms with Crippen molar-refractivity contribution in [3.8, 4) is 0 Å². The first-order chi connectivity index (χ1) is 7.84. The maximum atomic E-state index is 11.8. The Morgan fingerprint density at radius 3 is 2.71 bits per heavy atom. The molecule has 1 rings (SSSR count). The summed E-state index contributed by atoms with van der Waals surface area (Å²) in [5, 5.41) is 12.4. The molecule has 0 aliphatic rings. The van der Waals surface area contributed by atoms with Crippen LogP contribution in [0.15, 0.2) is 18.5 Å². The van der Waals surface area contributed by atoms with Gasteiger partial charge in [0.25, 0.3) is 0 Å². The van der Waals surface area contributed by atoms with Crippen molar-refractivity contribution in [2.75, 3.05) is 0 Å². The first-order valence-electron chi connectivity index (χ1n) is 5.99. The van der Waals surface area contributed by atoms with Gasteiger partial charge in [-0.1, -0.05) is 6.92 Å². The second-order valence-corrected chi connectivity index (χ2v) is 5.08. The van der Waals surface area contributed by atoms with Crippen LogP contribution in [0.5, 0.6) is 0 Å². The molecule has 4 nitrogen and oxygen atoms in total. The topological polar surface area (TPSA) is 54.3 Å². The largest absolute Gasteiger partial charge is 0.389 e. The van der Waals surface area contributed by atoms with Gasteiger partial charge in [-0.15, -0.1) is 0 Å². The molecule has 0 aromatic carbocycles. The molecule has 0 fully saturated rings. The number of rotatable bonds is 5. The molecule has 1 heterocycles. The molecule has 4 heteroatoms. The molecule has 0 saturated carbocycles. The summed E-state index contributed by atoms with van der Waals surface area (Å²) in [6.07, 6.45) is 4.00. The highest BCUT2D eigenvalue weighted by Crippen LogP contribution is 2.12. The summed E-state index contributed by atoms with van der Waals surface area (Å²) in [6.45, 7) is 8.04. The summed E-state index contributed by atoms with van der Waals surface area (Å²) in [6, 6.07) is 1.82. The Morgan fingerprint density at radius 1 is 1.59 bits per heavy atom. The molecule has 1 atom stereocenters. The fraction of sp³-hybridized carbons (Fsp3) is 0.615. The Balaban J connectivity index is 2.56. The summed E-state index contributed by atoms with van der Waals surface area (Å²) in [7, 11) is 0.